The second-order valence-corrected chi connectivity index (χ2v) is 9.01. The average Bonchev–Trinajstić information content (AvgIpc) is 3.43. The maximum Gasteiger partial charge on any atom is 0.290 e. The van der Waals surface area contributed by atoms with Gasteiger partial charge in [0.25, 0.3) is 5.91 Å². The average molecular weight is 441 g/mol. The number of aryl methyl sites for hydroxylation is 2. The molecular formula is C22H20N2O4S2. The summed E-state index contributed by atoms with van der Waals surface area (Å²) in [6.07, 6.45) is 3.51. The second-order valence-electron chi connectivity index (χ2n) is 6.93. The number of nitrogens with zero attached hydrogens (tertiary/aromatic N) is 2. The summed E-state index contributed by atoms with van der Waals surface area (Å²) in [6.45, 7) is 3.72. The lowest BCUT2D eigenvalue weighted by molar-refractivity contribution is -0.130. The van der Waals surface area contributed by atoms with Crippen LogP contribution in [0.2, 0.25) is 0 Å². The number of amides is 1. The van der Waals surface area contributed by atoms with Gasteiger partial charge in [0.1, 0.15) is 5.76 Å². The number of aliphatic hydroxyl groups excluding tert-OH is 1. The predicted molar refractivity (Wildman–Crippen MR) is 116 cm³/mol. The van der Waals surface area contributed by atoms with E-state index in [9.17, 15) is 14.7 Å². The van der Waals surface area contributed by atoms with Gasteiger partial charge in [0, 0.05) is 4.90 Å². The van der Waals surface area contributed by atoms with Crippen molar-refractivity contribution in [3.05, 3.63) is 80.9 Å². The monoisotopic (exact) mass is 440 g/mol. The number of carbonyl (C=O) groups is 2. The van der Waals surface area contributed by atoms with Crippen molar-refractivity contribution in [3.63, 3.8) is 0 Å². The molecule has 1 atom stereocenters. The minimum atomic E-state index is -0.715. The van der Waals surface area contributed by atoms with E-state index in [1.807, 2.05) is 37.4 Å². The minimum Gasteiger partial charge on any atom is -0.503 e. The number of benzene rings is 1. The molecule has 0 radical (unpaired) electrons. The third-order valence-electron chi connectivity index (χ3n) is 5.00. The molecule has 4 rings (SSSR count). The number of aromatic nitrogens is 1. The molecule has 1 amide bonds. The molecule has 3 aromatic rings. The summed E-state index contributed by atoms with van der Waals surface area (Å²) in [5.74, 6) is -0.909. The molecule has 0 spiro atoms. The number of hydrogen-bond donors (Lipinski definition) is 1. The molecule has 1 aromatic carbocycles. The lowest BCUT2D eigenvalue weighted by Gasteiger charge is -2.26. The molecule has 0 saturated heterocycles. The van der Waals surface area contributed by atoms with Crippen LogP contribution in [0, 0.1) is 13.8 Å². The van der Waals surface area contributed by atoms with Gasteiger partial charge < -0.3 is 14.4 Å². The minimum absolute atomic E-state index is 0.0789. The number of furan rings is 1. The number of Topliss-reactive ketones (excluding diaryl/α,β-unsaturated/α-hetero) is 1. The Kier molecular flexibility index (Phi) is 5.53. The molecule has 0 bridgehead atoms. The summed E-state index contributed by atoms with van der Waals surface area (Å²) in [5.41, 5.74) is 1.42. The summed E-state index contributed by atoms with van der Waals surface area (Å²) >= 11 is 2.87. The van der Waals surface area contributed by atoms with Crippen molar-refractivity contribution in [2.75, 3.05) is 6.26 Å². The quantitative estimate of drug-likeness (QED) is 0.436. The zero-order valence-corrected chi connectivity index (χ0v) is 18.3. The van der Waals surface area contributed by atoms with Gasteiger partial charge >= 0.3 is 0 Å². The van der Waals surface area contributed by atoms with E-state index in [4.69, 9.17) is 4.42 Å². The van der Waals surface area contributed by atoms with Gasteiger partial charge in [-0.2, -0.15) is 0 Å². The Morgan fingerprint density at radius 3 is 2.57 bits per heavy atom. The standard InChI is InChI=1S/C22H20N2O4S2/c1-12-21(30-13(2)23-12)19(25)17-18(14-6-8-16(29-3)9-7-14)24(22(27)20(17)26)11-15-5-4-10-28-15/h4-10,18,26H,11H2,1-3H3. The van der Waals surface area contributed by atoms with Crippen LogP contribution in [0.1, 0.15) is 37.7 Å². The fourth-order valence-electron chi connectivity index (χ4n) is 3.62. The first-order chi connectivity index (χ1) is 14.4. The Hall–Kier alpha value is -2.84. The molecule has 3 heterocycles. The summed E-state index contributed by atoms with van der Waals surface area (Å²) in [4.78, 5) is 33.7. The van der Waals surface area contributed by atoms with Crippen molar-refractivity contribution >= 4 is 34.8 Å². The van der Waals surface area contributed by atoms with Crippen LogP contribution in [-0.4, -0.2) is 32.9 Å². The Morgan fingerprint density at radius 1 is 1.27 bits per heavy atom. The van der Waals surface area contributed by atoms with Crippen LogP contribution >= 0.6 is 23.1 Å². The summed E-state index contributed by atoms with van der Waals surface area (Å²) < 4.78 is 5.41. The normalized spacial score (nSPS) is 16.6. The van der Waals surface area contributed by atoms with Gasteiger partial charge in [-0.1, -0.05) is 12.1 Å². The molecule has 2 aromatic heterocycles. The first-order valence-electron chi connectivity index (χ1n) is 9.30. The molecule has 154 valence electrons. The smallest absolute Gasteiger partial charge is 0.290 e. The number of carbonyl (C=O) groups excluding carboxylic acids is 2. The van der Waals surface area contributed by atoms with Crippen molar-refractivity contribution < 1.29 is 19.1 Å². The number of thioether (sulfide) groups is 1. The van der Waals surface area contributed by atoms with Crippen LogP contribution < -0.4 is 0 Å². The van der Waals surface area contributed by atoms with Gasteiger partial charge in [-0.15, -0.1) is 23.1 Å². The van der Waals surface area contributed by atoms with E-state index in [-0.39, 0.29) is 17.9 Å². The van der Waals surface area contributed by atoms with Crippen molar-refractivity contribution in [2.45, 2.75) is 31.3 Å². The Bertz CT molecular complexity index is 1130. The number of hydrogen-bond acceptors (Lipinski definition) is 7. The number of aliphatic hydroxyl groups is 1. The van der Waals surface area contributed by atoms with Crippen LogP contribution in [0.4, 0.5) is 0 Å². The highest BCUT2D eigenvalue weighted by molar-refractivity contribution is 7.98. The highest BCUT2D eigenvalue weighted by Crippen LogP contribution is 2.41. The van der Waals surface area contributed by atoms with Crippen molar-refractivity contribution in [1.82, 2.24) is 9.88 Å². The van der Waals surface area contributed by atoms with Crippen LogP contribution in [0.5, 0.6) is 0 Å². The van der Waals surface area contributed by atoms with Gasteiger partial charge in [-0.05, 0) is 49.9 Å². The van der Waals surface area contributed by atoms with Gasteiger partial charge in [0.05, 0.1) is 40.0 Å². The first-order valence-corrected chi connectivity index (χ1v) is 11.3. The van der Waals surface area contributed by atoms with Crippen molar-refractivity contribution in [2.24, 2.45) is 0 Å². The fraction of sp³-hybridized carbons (Fsp3) is 0.227. The Balaban J connectivity index is 1.81. The fourth-order valence-corrected chi connectivity index (χ4v) is 4.90. The van der Waals surface area contributed by atoms with E-state index in [1.165, 1.54) is 22.5 Å². The molecular weight excluding hydrogens is 420 g/mol. The molecule has 1 aliphatic heterocycles. The molecule has 30 heavy (non-hydrogen) atoms. The summed E-state index contributed by atoms with van der Waals surface area (Å²) in [6, 6.07) is 10.4. The molecule has 0 fully saturated rings. The first kappa shape index (κ1) is 20.4. The van der Waals surface area contributed by atoms with Crippen LogP contribution in [0.25, 0.3) is 0 Å². The van der Waals surface area contributed by atoms with Crippen LogP contribution in [0.15, 0.2) is 63.3 Å². The zero-order valence-electron chi connectivity index (χ0n) is 16.7. The number of thiazole rings is 1. The van der Waals surface area contributed by atoms with E-state index in [2.05, 4.69) is 4.98 Å². The van der Waals surface area contributed by atoms with Gasteiger partial charge in [-0.25, -0.2) is 4.98 Å². The van der Waals surface area contributed by atoms with Crippen molar-refractivity contribution in [3.8, 4) is 0 Å². The van der Waals surface area contributed by atoms with E-state index in [0.717, 1.165) is 15.5 Å². The van der Waals surface area contributed by atoms with E-state index in [1.54, 1.807) is 30.8 Å². The third-order valence-corrected chi connectivity index (χ3v) is 6.81. The van der Waals surface area contributed by atoms with Crippen molar-refractivity contribution in [1.29, 1.82) is 0 Å². The molecule has 8 heteroatoms. The Morgan fingerprint density at radius 2 is 2.00 bits per heavy atom. The number of ketones is 1. The lowest BCUT2D eigenvalue weighted by Crippen LogP contribution is -2.30. The molecule has 6 nitrogen and oxygen atoms in total. The maximum absolute atomic E-state index is 13.4. The molecule has 1 aliphatic rings. The lowest BCUT2D eigenvalue weighted by atomic mass is 9.95. The van der Waals surface area contributed by atoms with E-state index in [0.29, 0.717) is 16.3 Å². The van der Waals surface area contributed by atoms with Crippen LogP contribution in [0.3, 0.4) is 0 Å². The zero-order chi connectivity index (χ0) is 21.4. The van der Waals surface area contributed by atoms with E-state index < -0.39 is 17.7 Å². The highest BCUT2D eigenvalue weighted by Gasteiger charge is 2.44. The molecule has 0 saturated carbocycles. The van der Waals surface area contributed by atoms with Gasteiger partial charge in [0.15, 0.2) is 5.76 Å². The molecule has 1 N–H and O–H groups in total. The maximum atomic E-state index is 13.4. The SMILES string of the molecule is CSc1ccc(C2C(C(=O)c3sc(C)nc3C)=C(O)C(=O)N2Cc2ccco2)cc1. The molecule has 0 aliphatic carbocycles. The topological polar surface area (TPSA) is 83.6 Å². The number of rotatable bonds is 6. The summed E-state index contributed by atoms with van der Waals surface area (Å²) in [5, 5.41) is 11.5. The van der Waals surface area contributed by atoms with Crippen LogP contribution in [-0.2, 0) is 11.3 Å². The summed E-state index contributed by atoms with van der Waals surface area (Å²) in [7, 11) is 0. The van der Waals surface area contributed by atoms with Gasteiger partial charge in [0.2, 0.25) is 5.78 Å². The highest BCUT2D eigenvalue weighted by atomic mass is 32.2. The van der Waals surface area contributed by atoms with Gasteiger partial charge in [-0.3, -0.25) is 9.59 Å². The predicted octanol–water partition coefficient (Wildman–Crippen LogP) is 4.85. The molecule has 1 unspecified atom stereocenters. The van der Waals surface area contributed by atoms with E-state index >= 15 is 0 Å². The second kappa shape index (κ2) is 8.12. The third kappa shape index (κ3) is 3.57. The Labute approximate surface area is 182 Å². The largest absolute Gasteiger partial charge is 0.503 e.